The minimum atomic E-state index is -0.337. The van der Waals surface area contributed by atoms with Crippen LogP contribution in [-0.4, -0.2) is 32.0 Å². The lowest BCUT2D eigenvalue weighted by atomic mass is 10.1. The van der Waals surface area contributed by atoms with Crippen molar-refractivity contribution in [2.75, 3.05) is 25.0 Å². The van der Waals surface area contributed by atoms with Crippen LogP contribution in [0.5, 0.6) is 0 Å². The maximum absolute atomic E-state index is 12.3. The van der Waals surface area contributed by atoms with E-state index in [4.69, 9.17) is 0 Å². The van der Waals surface area contributed by atoms with Gasteiger partial charge in [0.15, 0.2) is 0 Å². The second-order valence-electron chi connectivity index (χ2n) is 4.15. The number of nitrogens with one attached hydrogen (secondary N) is 2. The summed E-state index contributed by atoms with van der Waals surface area (Å²) < 4.78 is 0. The second-order valence-corrected chi connectivity index (χ2v) is 4.15. The molecule has 0 spiro atoms. The molecule has 2 rings (SSSR count). The van der Waals surface area contributed by atoms with Gasteiger partial charge in [0.05, 0.1) is 0 Å². The first-order chi connectivity index (χ1) is 8.69. The molecule has 0 radical (unpaired) electrons. The molecule has 1 aliphatic rings. The van der Waals surface area contributed by atoms with Crippen molar-refractivity contribution in [3.05, 3.63) is 29.8 Å². The van der Waals surface area contributed by atoms with Gasteiger partial charge in [-0.1, -0.05) is 25.1 Å². The second kappa shape index (κ2) is 5.18. The van der Waals surface area contributed by atoms with E-state index in [1.54, 1.807) is 7.05 Å². The number of para-hydroxylation sites is 1. The topological polar surface area (TPSA) is 61.4 Å². The zero-order chi connectivity index (χ0) is 13.1. The van der Waals surface area contributed by atoms with Crippen LogP contribution in [0.4, 0.5) is 5.69 Å². The number of benzene rings is 1. The highest BCUT2D eigenvalue weighted by Gasteiger charge is 2.37. The number of carbonyl (C=O) groups is 2. The van der Waals surface area contributed by atoms with Gasteiger partial charge in [0.1, 0.15) is 12.6 Å². The Morgan fingerprint density at radius 1 is 1.39 bits per heavy atom. The maximum atomic E-state index is 12.3. The summed E-state index contributed by atoms with van der Waals surface area (Å²) in [5.74, 6) is -0.239. The van der Waals surface area contributed by atoms with Gasteiger partial charge in [-0.3, -0.25) is 9.59 Å². The molecule has 0 bridgehead atoms. The summed E-state index contributed by atoms with van der Waals surface area (Å²) in [6, 6.07) is 7.23. The van der Waals surface area contributed by atoms with Crippen LogP contribution in [0, 0.1) is 0 Å². The smallest absolute Gasteiger partial charge is 0.249 e. The Hall–Kier alpha value is -1.88. The summed E-state index contributed by atoms with van der Waals surface area (Å²) in [5.41, 5.74) is 1.75. The molecule has 0 saturated heterocycles. The number of hydrogen-bond donors (Lipinski definition) is 2. The van der Waals surface area contributed by atoms with Crippen molar-refractivity contribution in [1.82, 2.24) is 10.6 Å². The summed E-state index contributed by atoms with van der Waals surface area (Å²) >= 11 is 0. The summed E-state index contributed by atoms with van der Waals surface area (Å²) in [7, 11) is 1.57. The van der Waals surface area contributed by atoms with Gasteiger partial charge in [0.2, 0.25) is 11.8 Å². The number of amides is 2. The average Bonchev–Trinajstić information content (AvgIpc) is 2.65. The molecule has 1 heterocycles. The fraction of sp³-hybridized carbons (Fsp3) is 0.385. The van der Waals surface area contributed by atoms with E-state index in [1.807, 2.05) is 31.2 Å². The third kappa shape index (κ3) is 2.09. The Labute approximate surface area is 106 Å². The van der Waals surface area contributed by atoms with E-state index in [1.165, 1.54) is 4.90 Å². The summed E-state index contributed by atoms with van der Waals surface area (Å²) in [4.78, 5) is 25.3. The van der Waals surface area contributed by atoms with Crippen LogP contribution >= 0.6 is 0 Å². The van der Waals surface area contributed by atoms with Crippen LogP contribution in [0.2, 0.25) is 0 Å². The largest absolute Gasteiger partial charge is 0.358 e. The van der Waals surface area contributed by atoms with Gasteiger partial charge in [-0.2, -0.15) is 0 Å². The Balaban J connectivity index is 2.32. The molecule has 18 heavy (non-hydrogen) atoms. The molecule has 0 aromatic heterocycles. The average molecular weight is 247 g/mol. The first kappa shape index (κ1) is 12.6. The molecule has 1 atom stereocenters. The molecule has 2 N–H and O–H groups in total. The van der Waals surface area contributed by atoms with E-state index in [0.717, 1.165) is 11.3 Å². The van der Waals surface area contributed by atoms with Gasteiger partial charge in [-0.25, -0.2) is 0 Å². The molecule has 2 amide bonds. The first-order valence-electron chi connectivity index (χ1n) is 6.03. The van der Waals surface area contributed by atoms with Crippen LogP contribution in [0.3, 0.4) is 0 Å². The van der Waals surface area contributed by atoms with Crippen LogP contribution in [0.1, 0.15) is 18.5 Å². The quantitative estimate of drug-likeness (QED) is 0.811. The van der Waals surface area contributed by atoms with Crippen molar-refractivity contribution >= 4 is 17.5 Å². The summed E-state index contributed by atoms with van der Waals surface area (Å²) in [6.45, 7) is 2.73. The molecule has 96 valence electrons. The number of rotatable bonds is 4. The standard InChI is InChI=1S/C13H17N3O2/c1-3-15-12-9-6-4-5-7-10(9)16(13(12)18)8-11(17)14-2/h4-7,12,15H,3,8H2,1-2H3,(H,14,17). The van der Waals surface area contributed by atoms with Crippen LogP contribution in [0.25, 0.3) is 0 Å². The lowest BCUT2D eigenvalue weighted by Crippen LogP contribution is -2.40. The monoisotopic (exact) mass is 247 g/mol. The third-order valence-electron chi connectivity index (χ3n) is 3.04. The van der Waals surface area contributed by atoms with Gasteiger partial charge in [0.25, 0.3) is 0 Å². The van der Waals surface area contributed by atoms with Gasteiger partial charge in [0, 0.05) is 18.3 Å². The SMILES string of the molecule is CCNC1C(=O)N(CC(=O)NC)c2ccccc21. The third-order valence-corrected chi connectivity index (χ3v) is 3.04. The summed E-state index contributed by atoms with van der Waals surface area (Å²) in [6.07, 6.45) is 0. The lowest BCUT2D eigenvalue weighted by molar-refractivity contribution is -0.124. The van der Waals surface area contributed by atoms with Gasteiger partial charge >= 0.3 is 0 Å². The van der Waals surface area contributed by atoms with Crippen molar-refractivity contribution in [3.8, 4) is 0 Å². The highest BCUT2D eigenvalue weighted by Crippen LogP contribution is 2.35. The molecule has 1 unspecified atom stereocenters. The van der Waals surface area contributed by atoms with Crippen molar-refractivity contribution in [2.45, 2.75) is 13.0 Å². The Kier molecular flexibility index (Phi) is 3.62. The number of carbonyl (C=O) groups excluding carboxylic acids is 2. The normalized spacial score (nSPS) is 17.8. The number of likely N-dealkylation sites (N-methyl/N-ethyl adjacent to an activating group) is 2. The van der Waals surface area contributed by atoms with E-state index in [0.29, 0.717) is 6.54 Å². The summed E-state index contributed by atoms with van der Waals surface area (Å²) in [5, 5.41) is 5.69. The number of anilines is 1. The number of nitrogens with zero attached hydrogens (tertiary/aromatic N) is 1. The molecule has 5 heteroatoms. The van der Waals surface area contributed by atoms with Gasteiger partial charge in [-0.15, -0.1) is 0 Å². The van der Waals surface area contributed by atoms with E-state index in [9.17, 15) is 9.59 Å². The highest BCUT2D eigenvalue weighted by atomic mass is 16.2. The Bertz CT molecular complexity index is 473. The minimum Gasteiger partial charge on any atom is -0.358 e. The molecule has 0 saturated carbocycles. The van der Waals surface area contributed by atoms with Crippen LogP contribution in [-0.2, 0) is 9.59 Å². The first-order valence-corrected chi connectivity index (χ1v) is 6.03. The molecular formula is C13H17N3O2. The van der Waals surface area contributed by atoms with Crippen LogP contribution < -0.4 is 15.5 Å². The highest BCUT2D eigenvalue weighted by molar-refractivity contribution is 6.07. The minimum absolute atomic E-state index is 0.0637. The van der Waals surface area contributed by atoms with E-state index in [2.05, 4.69) is 10.6 Å². The fourth-order valence-corrected chi connectivity index (χ4v) is 2.17. The van der Waals surface area contributed by atoms with Crippen LogP contribution in [0.15, 0.2) is 24.3 Å². The molecule has 1 aromatic carbocycles. The lowest BCUT2D eigenvalue weighted by Gasteiger charge is -2.16. The maximum Gasteiger partial charge on any atom is 0.249 e. The molecular weight excluding hydrogens is 230 g/mol. The van der Waals surface area contributed by atoms with E-state index < -0.39 is 0 Å². The van der Waals surface area contributed by atoms with Crippen molar-refractivity contribution in [2.24, 2.45) is 0 Å². The molecule has 5 nitrogen and oxygen atoms in total. The van der Waals surface area contributed by atoms with Gasteiger partial charge < -0.3 is 15.5 Å². The number of hydrogen-bond acceptors (Lipinski definition) is 3. The molecule has 1 aliphatic heterocycles. The van der Waals surface area contributed by atoms with E-state index in [-0.39, 0.29) is 24.4 Å². The van der Waals surface area contributed by atoms with Crippen molar-refractivity contribution in [1.29, 1.82) is 0 Å². The van der Waals surface area contributed by atoms with E-state index >= 15 is 0 Å². The molecule has 0 aliphatic carbocycles. The number of fused-ring (bicyclic) bond motifs is 1. The van der Waals surface area contributed by atoms with Crippen molar-refractivity contribution < 1.29 is 9.59 Å². The molecule has 0 fully saturated rings. The predicted molar refractivity (Wildman–Crippen MR) is 69.3 cm³/mol. The zero-order valence-electron chi connectivity index (χ0n) is 10.6. The fourth-order valence-electron chi connectivity index (χ4n) is 2.17. The van der Waals surface area contributed by atoms with Crippen molar-refractivity contribution in [3.63, 3.8) is 0 Å². The predicted octanol–water partition coefficient (Wildman–Crippen LogP) is 0.430. The van der Waals surface area contributed by atoms with Gasteiger partial charge in [-0.05, 0) is 12.6 Å². The zero-order valence-corrected chi connectivity index (χ0v) is 10.6. The Morgan fingerprint density at radius 3 is 2.78 bits per heavy atom. The Morgan fingerprint density at radius 2 is 2.11 bits per heavy atom. The molecule has 1 aromatic rings.